The van der Waals surface area contributed by atoms with Gasteiger partial charge in [0.25, 0.3) is 0 Å². The summed E-state index contributed by atoms with van der Waals surface area (Å²) in [5, 5.41) is 0. The summed E-state index contributed by atoms with van der Waals surface area (Å²) in [7, 11) is 4.00. The van der Waals surface area contributed by atoms with Crippen molar-refractivity contribution in [3.05, 3.63) is 30.1 Å². The Morgan fingerprint density at radius 3 is 2.76 bits per heavy atom. The van der Waals surface area contributed by atoms with Crippen LogP contribution in [0.1, 0.15) is 18.4 Å². The number of aromatic nitrogens is 1. The smallest absolute Gasteiger partial charge is 0.0522 e. The molecule has 3 nitrogen and oxygen atoms in total. The first-order valence-corrected chi connectivity index (χ1v) is 6.30. The van der Waals surface area contributed by atoms with Crippen molar-refractivity contribution in [1.29, 1.82) is 0 Å². The fourth-order valence-electron chi connectivity index (χ4n) is 2.71. The Morgan fingerprint density at radius 1 is 1.41 bits per heavy atom. The number of methoxy groups -OCH3 is 1. The fraction of sp³-hybridized carbons (Fsp3) is 0.643. The molecule has 3 heteroatoms. The second-order valence-electron chi connectivity index (χ2n) is 5.27. The van der Waals surface area contributed by atoms with Gasteiger partial charge in [-0.3, -0.25) is 4.98 Å². The molecule has 94 valence electrons. The van der Waals surface area contributed by atoms with E-state index in [-0.39, 0.29) is 0 Å². The van der Waals surface area contributed by atoms with E-state index in [1.807, 2.05) is 25.6 Å². The predicted molar refractivity (Wildman–Crippen MR) is 69.0 cm³/mol. The van der Waals surface area contributed by atoms with Crippen molar-refractivity contribution < 1.29 is 4.74 Å². The number of pyridine rings is 1. The largest absolute Gasteiger partial charge is 0.384 e. The molecule has 1 aromatic heterocycles. The van der Waals surface area contributed by atoms with Gasteiger partial charge in [0.2, 0.25) is 0 Å². The minimum atomic E-state index is 0.310. The van der Waals surface area contributed by atoms with Crippen molar-refractivity contribution in [3.8, 4) is 0 Å². The Kier molecular flexibility index (Phi) is 4.13. The summed E-state index contributed by atoms with van der Waals surface area (Å²) in [6, 6.07) is 4.19. The zero-order chi connectivity index (χ0) is 12.1. The normalized spacial score (nSPS) is 20.4. The van der Waals surface area contributed by atoms with Gasteiger partial charge < -0.3 is 9.64 Å². The lowest BCUT2D eigenvalue weighted by Crippen LogP contribution is -2.42. The summed E-state index contributed by atoms with van der Waals surface area (Å²) in [6.07, 6.45) is 7.33. The van der Waals surface area contributed by atoms with Crippen LogP contribution >= 0.6 is 0 Å². The van der Waals surface area contributed by atoms with Gasteiger partial charge in [-0.1, -0.05) is 6.07 Å². The zero-order valence-electron chi connectivity index (χ0n) is 10.9. The van der Waals surface area contributed by atoms with Crippen molar-refractivity contribution in [3.63, 3.8) is 0 Å². The molecule has 17 heavy (non-hydrogen) atoms. The molecule has 0 atom stereocenters. The molecular weight excluding hydrogens is 212 g/mol. The molecule has 1 aliphatic heterocycles. The van der Waals surface area contributed by atoms with Gasteiger partial charge in [0.05, 0.1) is 6.61 Å². The minimum absolute atomic E-state index is 0.310. The number of nitrogens with zero attached hydrogens (tertiary/aromatic N) is 2. The molecular formula is C14H22N2O. The van der Waals surface area contributed by atoms with E-state index in [4.69, 9.17) is 4.74 Å². The summed E-state index contributed by atoms with van der Waals surface area (Å²) in [5.41, 5.74) is 1.64. The lowest BCUT2D eigenvalue weighted by atomic mass is 9.75. The Hall–Kier alpha value is -0.930. The molecule has 2 rings (SSSR count). The van der Waals surface area contributed by atoms with E-state index in [0.717, 1.165) is 13.0 Å². The van der Waals surface area contributed by atoms with E-state index in [0.29, 0.717) is 5.41 Å². The maximum absolute atomic E-state index is 5.45. The fourth-order valence-corrected chi connectivity index (χ4v) is 2.71. The SMILES string of the molecule is COCC1(Cc2cccnc2)CCN(C)CC1. The van der Waals surface area contributed by atoms with E-state index in [2.05, 4.69) is 23.0 Å². The van der Waals surface area contributed by atoms with E-state index < -0.39 is 0 Å². The predicted octanol–water partition coefficient (Wildman–Crippen LogP) is 1.98. The lowest BCUT2D eigenvalue weighted by molar-refractivity contribution is 0.0280. The van der Waals surface area contributed by atoms with Gasteiger partial charge in [0, 0.05) is 24.9 Å². The molecule has 0 unspecified atom stereocenters. The summed E-state index contributed by atoms with van der Waals surface area (Å²) in [5.74, 6) is 0. The van der Waals surface area contributed by atoms with Crippen LogP contribution in [-0.4, -0.2) is 43.7 Å². The highest BCUT2D eigenvalue weighted by Crippen LogP contribution is 2.34. The highest BCUT2D eigenvalue weighted by Gasteiger charge is 2.33. The number of hydrogen-bond acceptors (Lipinski definition) is 3. The van der Waals surface area contributed by atoms with E-state index >= 15 is 0 Å². The Morgan fingerprint density at radius 2 is 2.18 bits per heavy atom. The molecule has 0 amide bonds. The third-order valence-electron chi connectivity index (χ3n) is 3.80. The number of hydrogen-bond donors (Lipinski definition) is 0. The third kappa shape index (κ3) is 3.27. The average molecular weight is 234 g/mol. The minimum Gasteiger partial charge on any atom is -0.384 e. The van der Waals surface area contributed by atoms with Crippen molar-refractivity contribution in [2.24, 2.45) is 5.41 Å². The zero-order valence-corrected chi connectivity index (χ0v) is 10.9. The molecule has 0 spiro atoms. The van der Waals surface area contributed by atoms with Gasteiger partial charge in [-0.05, 0) is 51.0 Å². The van der Waals surface area contributed by atoms with E-state index in [1.54, 1.807) is 0 Å². The first-order chi connectivity index (χ1) is 8.24. The van der Waals surface area contributed by atoms with Crippen LogP contribution < -0.4 is 0 Å². The molecule has 0 radical (unpaired) electrons. The second kappa shape index (κ2) is 5.61. The van der Waals surface area contributed by atoms with Crippen molar-refractivity contribution in [2.75, 3.05) is 33.9 Å². The van der Waals surface area contributed by atoms with Crippen LogP contribution in [0.4, 0.5) is 0 Å². The van der Waals surface area contributed by atoms with Gasteiger partial charge in [-0.2, -0.15) is 0 Å². The quantitative estimate of drug-likeness (QED) is 0.796. The Labute approximate surface area is 104 Å². The lowest BCUT2D eigenvalue weighted by Gasteiger charge is -2.40. The summed E-state index contributed by atoms with van der Waals surface area (Å²) >= 11 is 0. The molecule has 0 bridgehead atoms. The summed E-state index contributed by atoms with van der Waals surface area (Å²) < 4.78 is 5.45. The van der Waals surface area contributed by atoms with Gasteiger partial charge in [-0.15, -0.1) is 0 Å². The molecule has 1 aliphatic rings. The van der Waals surface area contributed by atoms with Crippen LogP contribution in [0, 0.1) is 5.41 Å². The topological polar surface area (TPSA) is 25.4 Å². The van der Waals surface area contributed by atoms with Crippen LogP contribution in [0.5, 0.6) is 0 Å². The van der Waals surface area contributed by atoms with Gasteiger partial charge >= 0.3 is 0 Å². The highest BCUT2D eigenvalue weighted by atomic mass is 16.5. The summed E-state index contributed by atoms with van der Waals surface area (Å²) in [4.78, 5) is 6.61. The number of ether oxygens (including phenoxy) is 1. The first-order valence-electron chi connectivity index (χ1n) is 6.30. The van der Waals surface area contributed by atoms with Crippen LogP contribution in [0.3, 0.4) is 0 Å². The Balaban J connectivity index is 2.06. The molecule has 0 N–H and O–H groups in total. The van der Waals surface area contributed by atoms with Crippen molar-refractivity contribution in [2.45, 2.75) is 19.3 Å². The molecule has 1 fully saturated rings. The number of likely N-dealkylation sites (tertiary alicyclic amines) is 1. The van der Waals surface area contributed by atoms with Crippen LogP contribution in [0.25, 0.3) is 0 Å². The molecule has 1 saturated heterocycles. The number of rotatable bonds is 4. The van der Waals surface area contributed by atoms with Crippen LogP contribution in [-0.2, 0) is 11.2 Å². The highest BCUT2D eigenvalue weighted by molar-refractivity contribution is 5.12. The summed E-state index contributed by atoms with van der Waals surface area (Å²) in [6.45, 7) is 3.20. The van der Waals surface area contributed by atoms with Gasteiger partial charge in [-0.25, -0.2) is 0 Å². The van der Waals surface area contributed by atoms with E-state index in [1.165, 1.54) is 31.5 Å². The maximum atomic E-state index is 5.45. The first kappa shape index (κ1) is 12.5. The molecule has 0 saturated carbocycles. The monoisotopic (exact) mass is 234 g/mol. The van der Waals surface area contributed by atoms with E-state index in [9.17, 15) is 0 Å². The maximum Gasteiger partial charge on any atom is 0.0522 e. The third-order valence-corrected chi connectivity index (χ3v) is 3.80. The second-order valence-corrected chi connectivity index (χ2v) is 5.27. The standard InChI is InChI=1S/C14H22N2O/c1-16-8-5-14(6-9-16,12-17-2)10-13-4-3-7-15-11-13/h3-4,7,11H,5-6,8-10,12H2,1-2H3. The Bertz CT molecular complexity index is 331. The molecule has 0 aromatic carbocycles. The average Bonchev–Trinajstić information content (AvgIpc) is 2.35. The van der Waals surface area contributed by atoms with Gasteiger partial charge in [0.1, 0.15) is 0 Å². The van der Waals surface area contributed by atoms with Gasteiger partial charge in [0.15, 0.2) is 0 Å². The van der Waals surface area contributed by atoms with Crippen molar-refractivity contribution in [1.82, 2.24) is 9.88 Å². The molecule has 1 aromatic rings. The van der Waals surface area contributed by atoms with Crippen LogP contribution in [0.15, 0.2) is 24.5 Å². The number of piperidine rings is 1. The van der Waals surface area contributed by atoms with Crippen LogP contribution in [0.2, 0.25) is 0 Å². The van der Waals surface area contributed by atoms with Crippen molar-refractivity contribution >= 4 is 0 Å². The molecule has 0 aliphatic carbocycles. The molecule has 2 heterocycles.